The first-order chi connectivity index (χ1) is 9.45. The van der Waals surface area contributed by atoms with Crippen LogP contribution in [0.5, 0.6) is 0 Å². The molecule has 106 valence electrons. The Balaban J connectivity index is 2.41. The van der Waals surface area contributed by atoms with Crippen LogP contribution in [0.15, 0.2) is 18.2 Å². The molecular formula is C15H18N2O3. The summed E-state index contributed by atoms with van der Waals surface area (Å²) in [6, 6.07) is 4.82. The zero-order valence-electron chi connectivity index (χ0n) is 11.9. The van der Waals surface area contributed by atoms with Crippen LogP contribution in [0.2, 0.25) is 0 Å². The van der Waals surface area contributed by atoms with Crippen LogP contribution in [0.3, 0.4) is 0 Å². The monoisotopic (exact) mass is 274 g/mol. The Morgan fingerprint density at radius 3 is 2.50 bits per heavy atom. The molecule has 0 aliphatic carbocycles. The van der Waals surface area contributed by atoms with Crippen LogP contribution >= 0.6 is 0 Å². The molecule has 0 saturated carbocycles. The average Bonchev–Trinajstić information content (AvgIpc) is 2.37. The van der Waals surface area contributed by atoms with E-state index in [1.807, 2.05) is 32.9 Å². The normalized spacial score (nSPS) is 19.2. The van der Waals surface area contributed by atoms with Crippen LogP contribution in [0.1, 0.15) is 30.9 Å². The molecule has 1 atom stereocenters. The number of imide groups is 2. The standard InChI is InChI=1S/C15H18N2O3/c1-4-5-11-13(18)16-15(20)17(14(11)19)12-7-6-9(2)8-10(12)3/h6-8,11H,4-5H2,1-3H3,(H,16,18,20). The summed E-state index contributed by atoms with van der Waals surface area (Å²) in [4.78, 5) is 37.2. The molecule has 1 N–H and O–H groups in total. The van der Waals surface area contributed by atoms with Gasteiger partial charge in [0.2, 0.25) is 11.8 Å². The molecule has 1 aliphatic rings. The maximum atomic E-state index is 12.4. The second-order valence-electron chi connectivity index (χ2n) is 5.10. The number of anilines is 1. The summed E-state index contributed by atoms with van der Waals surface area (Å²) in [6.45, 7) is 5.69. The summed E-state index contributed by atoms with van der Waals surface area (Å²) in [5.74, 6) is -1.71. The number of benzene rings is 1. The molecule has 1 aliphatic heterocycles. The van der Waals surface area contributed by atoms with Gasteiger partial charge in [-0.25, -0.2) is 9.69 Å². The number of aryl methyl sites for hydroxylation is 2. The lowest BCUT2D eigenvalue weighted by molar-refractivity contribution is -0.134. The predicted octanol–water partition coefficient (Wildman–Crippen LogP) is 2.30. The number of amides is 4. The first kappa shape index (κ1) is 14.2. The van der Waals surface area contributed by atoms with Crippen molar-refractivity contribution in [2.75, 3.05) is 4.90 Å². The van der Waals surface area contributed by atoms with Crippen molar-refractivity contribution in [1.29, 1.82) is 0 Å². The van der Waals surface area contributed by atoms with Crippen molar-refractivity contribution in [2.24, 2.45) is 5.92 Å². The van der Waals surface area contributed by atoms with Gasteiger partial charge in [0, 0.05) is 0 Å². The number of carbonyl (C=O) groups is 3. The van der Waals surface area contributed by atoms with Crippen LogP contribution in [0.4, 0.5) is 10.5 Å². The van der Waals surface area contributed by atoms with Gasteiger partial charge in [-0.1, -0.05) is 31.0 Å². The number of nitrogens with one attached hydrogen (secondary N) is 1. The predicted molar refractivity (Wildman–Crippen MR) is 75.3 cm³/mol. The van der Waals surface area contributed by atoms with E-state index in [1.165, 1.54) is 0 Å². The highest BCUT2D eigenvalue weighted by Crippen LogP contribution is 2.26. The molecule has 1 heterocycles. The van der Waals surface area contributed by atoms with E-state index in [9.17, 15) is 14.4 Å². The Bertz CT molecular complexity index is 580. The van der Waals surface area contributed by atoms with Crippen molar-refractivity contribution in [1.82, 2.24) is 5.32 Å². The van der Waals surface area contributed by atoms with E-state index in [0.29, 0.717) is 18.5 Å². The Morgan fingerprint density at radius 2 is 1.90 bits per heavy atom. The molecule has 1 aromatic carbocycles. The van der Waals surface area contributed by atoms with Crippen molar-refractivity contribution in [3.63, 3.8) is 0 Å². The van der Waals surface area contributed by atoms with Crippen LogP contribution in [0.25, 0.3) is 0 Å². The van der Waals surface area contributed by atoms with Gasteiger partial charge < -0.3 is 0 Å². The number of nitrogens with zero attached hydrogens (tertiary/aromatic N) is 1. The maximum Gasteiger partial charge on any atom is 0.335 e. The number of urea groups is 1. The van der Waals surface area contributed by atoms with E-state index >= 15 is 0 Å². The Hall–Kier alpha value is -2.17. The fourth-order valence-electron chi connectivity index (χ4n) is 2.44. The van der Waals surface area contributed by atoms with Gasteiger partial charge in [-0.3, -0.25) is 14.9 Å². The Kier molecular flexibility index (Phi) is 3.88. The second kappa shape index (κ2) is 5.45. The van der Waals surface area contributed by atoms with Crippen molar-refractivity contribution in [3.05, 3.63) is 29.3 Å². The van der Waals surface area contributed by atoms with E-state index in [-0.39, 0.29) is 0 Å². The summed E-state index contributed by atoms with van der Waals surface area (Å²) in [7, 11) is 0. The van der Waals surface area contributed by atoms with E-state index in [4.69, 9.17) is 0 Å². The van der Waals surface area contributed by atoms with Crippen LogP contribution in [0, 0.1) is 19.8 Å². The lowest BCUT2D eigenvalue weighted by atomic mass is 9.98. The average molecular weight is 274 g/mol. The number of rotatable bonds is 3. The van der Waals surface area contributed by atoms with Crippen LogP contribution in [-0.2, 0) is 9.59 Å². The van der Waals surface area contributed by atoms with Gasteiger partial charge in [-0.15, -0.1) is 0 Å². The third-order valence-corrected chi connectivity index (χ3v) is 3.44. The minimum absolute atomic E-state index is 0.437. The van der Waals surface area contributed by atoms with Crippen molar-refractivity contribution in [2.45, 2.75) is 33.6 Å². The molecule has 0 spiro atoms. The fraction of sp³-hybridized carbons (Fsp3) is 0.400. The molecule has 1 saturated heterocycles. The van der Waals surface area contributed by atoms with Gasteiger partial charge >= 0.3 is 6.03 Å². The minimum atomic E-state index is -0.779. The SMILES string of the molecule is CCCC1C(=O)NC(=O)N(c2ccc(C)cc2C)C1=O. The summed E-state index contributed by atoms with van der Waals surface area (Å²) >= 11 is 0. The third-order valence-electron chi connectivity index (χ3n) is 3.44. The molecule has 5 nitrogen and oxygen atoms in total. The van der Waals surface area contributed by atoms with Crippen LogP contribution < -0.4 is 10.2 Å². The molecule has 20 heavy (non-hydrogen) atoms. The number of hydrogen-bond acceptors (Lipinski definition) is 3. The van der Waals surface area contributed by atoms with Gasteiger partial charge in [0.1, 0.15) is 5.92 Å². The molecule has 0 bridgehead atoms. The minimum Gasteiger partial charge on any atom is -0.277 e. The van der Waals surface area contributed by atoms with Crippen molar-refractivity contribution < 1.29 is 14.4 Å². The zero-order chi connectivity index (χ0) is 14.9. The number of carbonyl (C=O) groups excluding carboxylic acids is 3. The van der Waals surface area contributed by atoms with Gasteiger partial charge in [0.15, 0.2) is 0 Å². The van der Waals surface area contributed by atoms with E-state index < -0.39 is 23.8 Å². The number of hydrogen-bond donors (Lipinski definition) is 1. The van der Waals surface area contributed by atoms with Gasteiger partial charge in [0.25, 0.3) is 0 Å². The fourth-order valence-corrected chi connectivity index (χ4v) is 2.44. The first-order valence-electron chi connectivity index (χ1n) is 6.71. The molecule has 0 radical (unpaired) electrons. The van der Waals surface area contributed by atoms with Crippen molar-refractivity contribution in [3.8, 4) is 0 Å². The number of barbiturate groups is 1. The zero-order valence-corrected chi connectivity index (χ0v) is 11.9. The molecule has 1 unspecified atom stereocenters. The van der Waals surface area contributed by atoms with Crippen molar-refractivity contribution >= 4 is 23.5 Å². The largest absolute Gasteiger partial charge is 0.335 e. The Morgan fingerprint density at radius 1 is 1.20 bits per heavy atom. The summed E-state index contributed by atoms with van der Waals surface area (Å²) in [5, 5.41) is 2.26. The molecule has 1 aromatic rings. The molecule has 2 rings (SSSR count). The third kappa shape index (κ3) is 2.43. The van der Waals surface area contributed by atoms with E-state index in [2.05, 4.69) is 5.32 Å². The van der Waals surface area contributed by atoms with E-state index in [0.717, 1.165) is 16.0 Å². The lowest BCUT2D eigenvalue weighted by Crippen LogP contribution is -2.58. The topological polar surface area (TPSA) is 66.5 Å². The highest BCUT2D eigenvalue weighted by molar-refractivity contribution is 6.27. The second-order valence-corrected chi connectivity index (χ2v) is 5.10. The summed E-state index contributed by atoms with van der Waals surface area (Å²) in [6.07, 6.45) is 1.15. The quantitative estimate of drug-likeness (QED) is 0.860. The maximum absolute atomic E-state index is 12.4. The highest BCUT2D eigenvalue weighted by Gasteiger charge is 2.40. The van der Waals surface area contributed by atoms with Gasteiger partial charge in [0.05, 0.1) is 5.69 Å². The van der Waals surface area contributed by atoms with Gasteiger partial charge in [-0.05, 0) is 31.9 Å². The molecule has 4 amide bonds. The van der Waals surface area contributed by atoms with Crippen LogP contribution in [-0.4, -0.2) is 17.8 Å². The summed E-state index contributed by atoms with van der Waals surface area (Å²) < 4.78 is 0. The molecular weight excluding hydrogens is 256 g/mol. The lowest BCUT2D eigenvalue weighted by Gasteiger charge is -2.31. The highest BCUT2D eigenvalue weighted by atomic mass is 16.2. The van der Waals surface area contributed by atoms with Gasteiger partial charge in [-0.2, -0.15) is 0 Å². The van der Waals surface area contributed by atoms with E-state index in [1.54, 1.807) is 6.07 Å². The first-order valence-corrected chi connectivity index (χ1v) is 6.71. The summed E-state index contributed by atoms with van der Waals surface area (Å²) in [5.41, 5.74) is 2.42. The smallest absolute Gasteiger partial charge is 0.277 e. The molecule has 0 aromatic heterocycles. The molecule has 1 fully saturated rings. The Labute approximate surface area is 118 Å². The molecule has 5 heteroatoms.